The van der Waals surface area contributed by atoms with Crippen LogP contribution < -0.4 is 0 Å². The summed E-state index contributed by atoms with van der Waals surface area (Å²) < 4.78 is 0. The van der Waals surface area contributed by atoms with Gasteiger partial charge in [-0.05, 0) is 45.2 Å². The van der Waals surface area contributed by atoms with E-state index in [1.54, 1.807) is 0 Å². The molecule has 2 rings (SSSR count). The largest absolute Gasteiger partial charge is 0.306 e. The standard InChI is InChI=1S/C10H16N2/c1-12-5-2-9(7-12)6-10(8-11)3-4-10/h9H,2-7H2,1H3. The van der Waals surface area contributed by atoms with Crippen LogP contribution in [0.1, 0.15) is 25.7 Å². The van der Waals surface area contributed by atoms with E-state index in [2.05, 4.69) is 18.0 Å². The topological polar surface area (TPSA) is 27.0 Å². The molecule has 66 valence electrons. The minimum atomic E-state index is 0.121. The molecule has 2 heteroatoms. The van der Waals surface area contributed by atoms with Crippen molar-refractivity contribution in [1.29, 1.82) is 5.26 Å². The number of rotatable bonds is 2. The van der Waals surface area contributed by atoms with Gasteiger partial charge in [0.05, 0.1) is 11.5 Å². The third kappa shape index (κ3) is 1.47. The molecular weight excluding hydrogens is 148 g/mol. The van der Waals surface area contributed by atoms with Gasteiger partial charge in [0, 0.05) is 6.54 Å². The summed E-state index contributed by atoms with van der Waals surface area (Å²) in [5, 5.41) is 8.92. The molecule has 1 aliphatic carbocycles. The molecule has 2 aliphatic rings. The van der Waals surface area contributed by atoms with E-state index in [4.69, 9.17) is 5.26 Å². The van der Waals surface area contributed by atoms with Gasteiger partial charge in [-0.1, -0.05) is 0 Å². The fourth-order valence-electron chi connectivity index (χ4n) is 2.26. The monoisotopic (exact) mass is 164 g/mol. The number of hydrogen-bond donors (Lipinski definition) is 0. The van der Waals surface area contributed by atoms with Crippen molar-refractivity contribution in [3.05, 3.63) is 0 Å². The Labute approximate surface area is 74.2 Å². The van der Waals surface area contributed by atoms with E-state index in [0.29, 0.717) is 0 Å². The molecule has 1 unspecified atom stereocenters. The van der Waals surface area contributed by atoms with Crippen LogP contribution in [0, 0.1) is 22.7 Å². The molecule has 2 fully saturated rings. The molecule has 12 heavy (non-hydrogen) atoms. The Kier molecular flexibility index (Phi) is 1.84. The Bertz CT molecular complexity index is 212. The Hall–Kier alpha value is -0.550. The first kappa shape index (κ1) is 8.07. The van der Waals surface area contributed by atoms with Gasteiger partial charge in [-0.15, -0.1) is 0 Å². The molecule has 2 nitrogen and oxygen atoms in total. The fraction of sp³-hybridized carbons (Fsp3) is 0.900. The molecule has 0 spiro atoms. The molecule has 0 aromatic rings. The lowest BCUT2D eigenvalue weighted by Gasteiger charge is -2.12. The summed E-state index contributed by atoms with van der Waals surface area (Å²) in [6.45, 7) is 2.44. The van der Waals surface area contributed by atoms with Crippen LogP contribution in [0.2, 0.25) is 0 Å². The van der Waals surface area contributed by atoms with Gasteiger partial charge in [0.15, 0.2) is 0 Å². The molecule has 0 aromatic carbocycles. The minimum absolute atomic E-state index is 0.121. The van der Waals surface area contributed by atoms with E-state index in [0.717, 1.165) is 25.2 Å². The summed E-state index contributed by atoms with van der Waals surface area (Å²) in [5.41, 5.74) is 0.121. The first-order chi connectivity index (χ1) is 5.74. The molecule has 1 atom stereocenters. The van der Waals surface area contributed by atoms with Crippen molar-refractivity contribution in [3.8, 4) is 6.07 Å². The number of nitrogens with zero attached hydrogens (tertiary/aromatic N) is 2. The van der Waals surface area contributed by atoms with Crippen LogP contribution >= 0.6 is 0 Å². The van der Waals surface area contributed by atoms with Crippen LogP contribution in [0.15, 0.2) is 0 Å². The highest BCUT2D eigenvalue weighted by Gasteiger charge is 2.45. The van der Waals surface area contributed by atoms with Gasteiger partial charge >= 0.3 is 0 Å². The summed E-state index contributed by atoms with van der Waals surface area (Å²) in [6, 6.07) is 2.48. The number of hydrogen-bond acceptors (Lipinski definition) is 2. The Balaban J connectivity index is 1.85. The zero-order valence-electron chi connectivity index (χ0n) is 7.71. The van der Waals surface area contributed by atoms with Crippen molar-refractivity contribution in [3.63, 3.8) is 0 Å². The van der Waals surface area contributed by atoms with Gasteiger partial charge in [-0.3, -0.25) is 0 Å². The van der Waals surface area contributed by atoms with Gasteiger partial charge < -0.3 is 4.90 Å². The van der Waals surface area contributed by atoms with Crippen LogP contribution in [0.25, 0.3) is 0 Å². The normalized spacial score (nSPS) is 33.2. The lowest BCUT2D eigenvalue weighted by molar-refractivity contribution is 0.366. The van der Waals surface area contributed by atoms with E-state index in [9.17, 15) is 0 Å². The molecule has 0 bridgehead atoms. The quantitative estimate of drug-likeness (QED) is 0.620. The average molecular weight is 164 g/mol. The summed E-state index contributed by atoms with van der Waals surface area (Å²) in [4.78, 5) is 2.37. The first-order valence-electron chi connectivity index (χ1n) is 4.84. The summed E-state index contributed by atoms with van der Waals surface area (Å²) >= 11 is 0. The van der Waals surface area contributed by atoms with Crippen LogP contribution in [0.5, 0.6) is 0 Å². The molecule has 1 saturated carbocycles. The molecule has 1 saturated heterocycles. The SMILES string of the molecule is CN1CCC(CC2(C#N)CC2)C1. The van der Waals surface area contributed by atoms with Crippen LogP contribution in [0.3, 0.4) is 0 Å². The summed E-state index contributed by atoms with van der Waals surface area (Å²) in [6.07, 6.45) is 4.78. The van der Waals surface area contributed by atoms with Gasteiger partial charge in [0.25, 0.3) is 0 Å². The molecule has 0 aromatic heterocycles. The number of likely N-dealkylation sites (tertiary alicyclic amines) is 1. The van der Waals surface area contributed by atoms with Gasteiger partial charge in [0.1, 0.15) is 0 Å². The summed E-state index contributed by atoms with van der Waals surface area (Å²) in [7, 11) is 2.17. The predicted molar refractivity (Wildman–Crippen MR) is 47.5 cm³/mol. The second kappa shape index (κ2) is 2.74. The van der Waals surface area contributed by atoms with Crippen molar-refractivity contribution in [2.24, 2.45) is 11.3 Å². The second-order valence-corrected chi connectivity index (χ2v) is 4.51. The molecular formula is C10H16N2. The fourth-order valence-corrected chi connectivity index (χ4v) is 2.26. The van der Waals surface area contributed by atoms with E-state index in [1.165, 1.54) is 19.5 Å². The molecule has 1 heterocycles. The summed E-state index contributed by atoms with van der Waals surface area (Å²) in [5.74, 6) is 0.803. The lowest BCUT2D eigenvalue weighted by Crippen LogP contribution is -2.15. The van der Waals surface area contributed by atoms with Crippen LogP contribution in [-0.4, -0.2) is 25.0 Å². The van der Waals surface area contributed by atoms with E-state index in [1.807, 2.05) is 0 Å². The zero-order valence-corrected chi connectivity index (χ0v) is 7.71. The third-order valence-electron chi connectivity index (χ3n) is 3.26. The van der Waals surface area contributed by atoms with Gasteiger partial charge in [0.2, 0.25) is 0 Å². The van der Waals surface area contributed by atoms with E-state index in [-0.39, 0.29) is 5.41 Å². The lowest BCUT2D eigenvalue weighted by atomic mass is 9.92. The maximum atomic E-state index is 8.92. The minimum Gasteiger partial charge on any atom is -0.306 e. The molecule has 0 amide bonds. The smallest absolute Gasteiger partial charge is 0.0689 e. The van der Waals surface area contributed by atoms with Crippen LogP contribution in [-0.2, 0) is 0 Å². The highest BCUT2D eigenvalue weighted by Crippen LogP contribution is 2.50. The van der Waals surface area contributed by atoms with Crippen LogP contribution in [0.4, 0.5) is 0 Å². The number of nitriles is 1. The van der Waals surface area contributed by atoms with Crippen molar-refractivity contribution in [2.75, 3.05) is 20.1 Å². The first-order valence-corrected chi connectivity index (χ1v) is 4.84. The van der Waals surface area contributed by atoms with Crippen molar-refractivity contribution >= 4 is 0 Å². The highest BCUT2D eigenvalue weighted by molar-refractivity contribution is 5.10. The molecule has 1 aliphatic heterocycles. The Morgan fingerprint density at radius 1 is 1.58 bits per heavy atom. The molecule has 0 radical (unpaired) electrons. The van der Waals surface area contributed by atoms with Crippen molar-refractivity contribution in [2.45, 2.75) is 25.7 Å². The zero-order chi connectivity index (χ0) is 8.60. The second-order valence-electron chi connectivity index (χ2n) is 4.51. The maximum absolute atomic E-state index is 8.92. The average Bonchev–Trinajstić information content (AvgIpc) is 2.71. The van der Waals surface area contributed by atoms with Gasteiger partial charge in [-0.2, -0.15) is 5.26 Å². The van der Waals surface area contributed by atoms with Crippen molar-refractivity contribution in [1.82, 2.24) is 4.90 Å². The Morgan fingerprint density at radius 3 is 2.75 bits per heavy atom. The third-order valence-corrected chi connectivity index (χ3v) is 3.26. The van der Waals surface area contributed by atoms with E-state index < -0.39 is 0 Å². The van der Waals surface area contributed by atoms with Crippen molar-refractivity contribution < 1.29 is 0 Å². The van der Waals surface area contributed by atoms with Gasteiger partial charge in [-0.25, -0.2) is 0 Å². The van der Waals surface area contributed by atoms with E-state index >= 15 is 0 Å². The predicted octanol–water partition coefficient (Wildman–Crippen LogP) is 1.63. The maximum Gasteiger partial charge on any atom is 0.0689 e. The molecule has 0 N–H and O–H groups in total. The highest BCUT2D eigenvalue weighted by atomic mass is 15.1. The Morgan fingerprint density at radius 2 is 2.33 bits per heavy atom.